The number of nitrogens with one attached hydrogen (secondary N) is 1. The van der Waals surface area contributed by atoms with Crippen molar-refractivity contribution in [3.63, 3.8) is 0 Å². The van der Waals surface area contributed by atoms with Gasteiger partial charge in [-0.3, -0.25) is 19.7 Å². The Balaban J connectivity index is 1.59. The average Bonchev–Trinajstić information content (AvgIpc) is 2.98. The molecule has 7 nitrogen and oxygen atoms in total. The fourth-order valence-electron chi connectivity index (χ4n) is 4.18. The molecule has 4 rings (SSSR count). The molecule has 1 aliphatic carbocycles. The monoisotopic (exact) mass is 413 g/mol. The Morgan fingerprint density at radius 3 is 2.24 bits per heavy atom. The topological polar surface area (TPSA) is 92.6 Å². The predicted octanol–water partition coefficient (Wildman–Crippen LogP) is 4.54. The number of carbonyl (C=O) groups excluding carboxylic acids is 2. The number of hydrogen-bond acceptors (Lipinski definition) is 5. The Bertz CT molecular complexity index is 952. The number of rotatable bonds is 5. The van der Waals surface area contributed by atoms with Gasteiger partial charge in [-0.05, 0) is 42.7 Å². The van der Waals surface area contributed by atoms with Crippen molar-refractivity contribution >= 4 is 40.5 Å². The van der Waals surface area contributed by atoms with Gasteiger partial charge in [-0.1, -0.05) is 36.6 Å². The summed E-state index contributed by atoms with van der Waals surface area (Å²) in [5.74, 6) is -1.07. The van der Waals surface area contributed by atoms with E-state index in [0.29, 0.717) is 30.1 Å². The van der Waals surface area contributed by atoms with E-state index >= 15 is 0 Å². The van der Waals surface area contributed by atoms with E-state index in [0.717, 1.165) is 23.3 Å². The number of anilines is 2. The SMILES string of the molecule is O=C1[C@H]2CCCC[C@H]2C(=O)N1c1ccc(NCc2ccc(Cl)cc2)c([N+](=O)[O-])c1. The van der Waals surface area contributed by atoms with E-state index in [-0.39, 0.29) is 35.0 Å². The number of nitro groups is 1. The molecular weight excluding hydrogens is 394 g/mol. The zero-order valence-electron chi connectivity index (χ0n) is 15.6. The maximum Gasteiger partial charge on any atom is 0.294 e. The minimum absolute atomic E-state index is 0.174. The fraction of sp³-hybridized carbons (Fsp3) is 0.333. The molecule has 0 aromatic heterocycles. The predicted molar refractivity (Wildman–Crippen MR) is 110 cm³/mol. The van der Waals surface area contributed by atoms with E-state index in [1.807, 2.05) is 12.1 Å². The Labute approximate surface area is 172 Å². The molecule has 2 aromatic rings. The quantitative estimate of drug-likeness (QED) is 0.441. The number of amides is 2. The molecule has 0 radical (unpaired) electrons. The van der Waals surface area contributed by atoms with Crippen LogP contribution in [-0.4, -0.2) is 16.7 Å². The summed E-state index contributed by atoms with van der Waals surface area (Å²) in [6, 6.07) is 11.6. The lowest BCUT2D eigenvalue weighted by Gasteiger charge is -2.19. The smallest absolute Gasteiger partial charge is 0.294 e. The molecule has 150 valence electrons. The van der Waals surface area contributed by atoms with Gasteiger partial charge in [-0.15, -0.1) is 0 Å². The fourth-order valence-corrected chi connectivity index (χ4v) is 4.30. The number of fused-ring (bicyclic) bond motifs is 1. The van der Waals surface area contributed by atoms with Crippen LogP contribution >= 0.6 is 11.6 Å². The van der Waals surface area contributed by atoms with Gasteiger partial charge in [0.25, 0.3) is 5.69 Å². The van der Waals surface area contributed by atoms with Crippen molar-refractivity contribution in [2.24, 2.45) is 11.8 Å². The van der Waals surface area contributed by atoms with Gasteiger partial charge in [0.2, 0.25) is 11.8 Å². The largest absolute Gasteiger partial charge is 0.375 e. The third-order valence-corrected chi connectivity index (χ3v) is 5.93. The molecule has 0 spiro atoms. The Hall–Kier alpha value is -2.93. The molecule has 0 bridgehead atoms. The van der Waals surface area contributed by atoms with Crippen molar-refractivity contribution in [1.29, 1.82) is 0 Å². The summed E-state index contributed by atoms with van der Waals surface area (Å²) in [4.78, 5) is 37.8. The van der Waals surface area contributed by atoms with Crippen molar-refractivity contribution in [1.82, 2.24) is 0 Å². The lowest BCUT2D eigenvalue weighted by molar-refractivity contribution is -0.383. The summed E-state index contributed by atoms with van der Waals surface area (Å²) in [6.07, 6.45) is 3.27. The molecule has 2 amide bonds. The van der Waals surface area contributed by atoms with Crippen molar-refractivity contribution in [3.8, 4) is 0 Å². The minimum Gasteiger partial charge on any atom is -0.375 e. The van der Waals surface area contributed by atoms with Crippen LogP contribution in [0.2, 0.25) is 5.02 Å². The Kier molecular flexibility index (Phi) is 5.24. The first-order chi connectivity index (χ1) is 14.0. The van der Waals surface area contributed by atoms with E-state index in [1.54, 1.807) is 24.3 Å². The van der Waals surface area contributed by atoms with E-state index in [4.69, 9.17) is 11.6 Å². The number of imide groups is 1. The zero-order chi connectivity index (χ0) is 20.5. The lowest BCUT2D eigenvalue weighted by Crippen LogP contribution is -2.30. The summed E-state index contributed by atoms with van der Waals surface area (Å²) >= 11 is 5.87. The second-order valence-electron chi connectivity index (χ2n) is 7.45. The van der Waals surface area contributed by atoms with Gasteiger partial charge in [0.05, 0.1) is 22.4 Å². The molecule has 2 atom stereocenters. The van der Waals surface area contributed by atoms with Crippen molar-refractivity contribution in [3.05, 3.63) is 63.2 Å². The molecule has 1 saturated heterocycles. The molecule has 0 unspecified atom stereocenters. The highest BCUT2D eigenvalue weighted by Crippen LogP contribution is 2.41. The normalized spacial score (nSPS) is 21.2. The van der Waals surface area contributed by atoms with Crippen LogP contribution in [0.4, 0.5) is 17.1 Å². The molecule has 2 fully saturated rings. The molecule has 1 saturated carbocycles. The number of benzene rings is 2. The summed E-state index contributed by atoms with van der Waals surface area (Å²) in [6.45, 7) is 0.378. The van der Waals surface area contributed by atoms with Crippen LogP contribution < -0.4 is 10.2 Å². The van der Waals surface area contributed by atoms with Crippen molar-refractivity contribution in [2.45, 2.75) is 32.2 Å². The first-order valence-corrected chi connectivity index (χ1v) is 9.98. The number of halogens is 1. The molecule has 2 aliphatic rings. The summed E-state index contributed by atoms with van der Waals surface area (Å²) in [5, 5.41) is 15.3. The number of hydrogen-bond donors (Lipinski definition) is 1. The van der Waals surface area contributed by atoms with Crippen LogP contribution in [-0.2, 0) is 16.1 Å². The van der Waals surface area contributed by atoms with Crippen LogP contribution in [0.15, 0.2) is 42.5 Å². The van der Waals surface area contributed by atoms with Gasteiger partial charge in [0, 0.05) is 17.6 Å². The first-order valence-electron chi connectivity index (χ1n) is 9.60. The highest BCUT2D eigenvalue weighted by molar-refractivity contribution is 6.30. The third-order valence-electron chi connectivity index (χ3n) is 5.67. The van der Waals surface area contributed by atoms with Crippen LogP contribution in [0, 0.1) is 22.0 Å². The second kappa shape index (κ2) is 7.83. The van der Waals surface area contributed by atoms with Crippen LogP contribution in [0.1, 0.15) is 31.2 Å². The van der Waals surface area contributed by atoms with E-state index < -0.39 is 4.92 Å². The highest BCUT2D eigenvalue weighted by atomic mass is 35.5. The van der Waals surface area contributed by atoms with Crippen molar-refractivity contribution < 1.29 is 14.5 Å². The highest BCUT2D eigenvalue weighted by Gasteiger charge is 2.49. The molecule has 8 heteroatoms. The first kappa shape index (κ1) is 19.4. The summed E-state index contributed by atoms with van der Waals surface area (Å²) in [7, 11) is 0. The van der Waals surface area contributed by atoms with Gasteiger partial charge >= 0.3 is 0 Å². The van der Waals surface area contributed by atoms with Crippen LogP contribution in [0.5, 0.6) is 0 Å². The van der Waals surface area contributed by atoms with Gasteiger partial charge in [0.15, 0.2) is 0 Å². The third kappa shape index (κ3) is 3.70. The molecule has 2 aromatic carbocycles. The zero-order valence-corrected chi connectivity index (χ0v) is 16.4. The summed E-state index contributed by atoms with van der Waals surface area (Å²) < 4.78 is 0. The van der Waals surface area contributed by atoms with E-state index in [2.05, 4.69) is 5.32 Å². The van der Waals surface area contributed by atoms with Crippen molar-refractivity contribution in [2.75, 3.05) is 10.2 Å². The molecule has 29 heavy (non-hydrogen) atoms. The lowest BCUT2D eigenvalue weighted by atomic mass is 9.81. The average molecular weight is 414 g/mol. The van der Waals surface area contributed by atoms with Gasteiger partial charge in [0.1, 0.15) is 5.69 Å². The maximum absolute atomic E-state index is 12.8. The summed E-state index contributed by atoms with van der Waals surface area (Å²) in [5.41, 5.74) is 1.33. The maximum atomic E-state index is 12.8. The van der Waals surface area contributed by atoms with Crippen LogP contribution in [0.3, 0.4) is 0 Å². The van der Waals surface area contributed by atoms with E-state index in [9.17, 15) is 19.7 Å². The molecular formula is C21H20ClN3O4. The van der Waals surface area contributed by atoms with E-state index in [1.165, 1.54) is 6.07 Å². The Morgan fingerprint density at radius 2 is 1.66 bits per heavy atom. The molecule has 1 heterocycles. The van der Waals surface area contributed by atoms with Crippen LogP contribution in [0.25, 0.3) is 0 Å². The molecule has 1 aliphatic heterocycles. The number of carbonyl (C=O) groups is 2. The van der Waals surface area contributed by atoms with Gasteiger partial charge in [-0.25, -0.2) is 4.90 Å². The molecule has 1 N–H and O–H groups in total. The minimum atomic E-state index is -0.508. The Morgan fingerprint density at radius 1 is 1.03 bits per heavy atom. The number of nitrogens with zero attached hydrogens (tertiary/aromatic N) is 2. The van der Waals surface area contributed by atoms with Gasteiger partial charge < -0.3 is 5.32 Å². The van der Waals surface area contributed by atoms with Gasteiger partial charge in [-0.2, -0.15) is 0 Å². The second-order valence-corrected chi connectivity index (χ2v) is 7.88. The standard InChI is InChI=1S/C21H20ClN3O4/c22-14-7-5-13(6-8-14)12-23-18-10-9-15(11-19(18)25(28)29)24-20(26)16-3-1-2-4-17(16)21(24)27/h5-11,16-17,23H,1-4,12H2/t16-,17+. The number of nitro benzene ring substituents is 1.